The minimum Gasteiger partial charge on any atom is -0.321 e. The lowest BCUT2D eigenvalue weighted by Gasteiger charge is -2.10. The molecule has 2 N–H and O–H groups in total. The molecule has 0 spiro atoms. The third-order valence-corrected chi connectivity index (χ3v) is 3.32. The molecule has 0 aromatic heterocycles. The van der Waals surface area contributed by atoms with Crippen LogP contribution in [0, 0.1) is 0 Å². The van der Waals surface area contributed by atoms with Gasteiger partial charge in [-0.3, -0.25) is 4.57 Å². The Morgan fingerprint density at radius 2 is 1.38 bits per heavy atom. The van der Waals surface area contributed by atoms with Crippen LogP contribution in [0.2, 0.25) is 0 Å². The van der Waals surface area contributed by atoms with Crippen LogP contribution in [-0.2, 0) is 4.57 Å². The molecule has 0 amide bonds. The fourth-order valence-electron chi connectivity index (χ4n) is 1.59. The summed E-state index contributed by atoms with van der Waals surface area (Å²) in [6.45, 7) is 0. The van der Waals surface area contributed by atoms with E-state index in [9.17, 15) is 14.4 Å². The zero-order valence-corrected chi connectivity index (χ0v) is 9.34. The van der Waals surface area contributed by atoms with E-state index in [4.69, 9.17) is 0 Å². The highest BCUT2D eigenvalue weighted by atomic mass is 31.2. The van der Waals surface area contributed by atoms with E-state index in [0.717, 1.165) is 5.56 Å². The molecule has 2 rings (SSSR count). The third kappa shape index (κ3) is 2.22. The maximum atomic E-state index is 11.3. The second kappa shape index (κ2) is 4.22. The Bertz CT molecular complexity index is 531. The number of benzene rings is 2. The van der Waals surface area contributed by atoms with Gasteiger partial charge < -0.3 is 9.79 Å². The topological polar surface area (TPSA) is 57.5 Å². The van der Waals surface area contributed by atoms with Gasteiger partial charge in [0.2, 0.25) is 0 Å². The first-order chi connectivity index (χ1) is 7.59. The van der Waals surface area contributed by atoms with Gasteiger partial charge in [0.05, 0.1) is 5.30 Å². The number of hydrogen-bond acceptors (Lipinski definition) is 1. The van der Waals surface area contributed by atoms with Crippen LogP contribution < -0.4 is 5.30 Å². The summed E-state index contributed by atoms with van der Waals surface area (Å²) in [5.41, 5.74) is 1.39. The average Bonchev–Trinajstić information content (AvgIpc) is 2.29. The minimum atomic E-state index is -4.22. The van der Waals surface area contributed by atoms with Crippen LogP contribution in [0.4, 0.5) is 0 Å². The summed E-state index contributed by atoms with van der Waals surface area (Å²) in [5, 5.41) is 0.0706. The van der Waals surface area contributed by atoms with Crippen LogP contribution >= 0.6 is 7.60 Å². The summed E-state index contributed by atoms with van der Waals surface area (Å²) < 4.78 is 11.3. The van der Waals surface area contributed by atoms with E-state index in [1.807, 2.05) is 30.3 Å². The summed E-state index contributed by atoms with van der Waals surface area (Å²) >= 11 is 0. The highest BCUT2D eigenvalue weighted by molar-refractivity contribution is 7.60. The maximum absolute atomic E-state index is 11.3. The summed E-state index contributed by atoms with van der Waals surface area (Å²) in [6, 6.07) is 15.8. The maximum Gasteiger partial charge on any atom is 0.356 e. The molecule has 0 aliphatic heterocycles. The molecule has 0 atom stereocenters. The van der Waals surface area contributed by atoms with Crippen LogP contribution in [0.5, 0.6) is 0 Å². The quantitative estimate of drug-likeness (QED) is 0.783. The average molecular weight is 234 g/mol. The molecule has 0 bridgehead atoms. The van der Waals surface area contributed by atoms with E-state index in [-0.39, 0.29) is 5.30 Å². The van der Waals surface area contributed by atoms with Crippen molar-refractivity contribution < 1.29 is 14.4 Å². The Morgan fingerprint density at radius 3 is 2.00 bits per heavy atom. The number of hydrogen-bond donors (Lipinski definition) is 2. The van der Waals surface area contributed by atoms with Crippen molar-refractivity contribution >= 4 is 12.9 Å². The largest absolute Gasteiger partial charge is 0.356 e. The lowest BCUT2D eigenvalue weighted by Crippen LogP contribution is -2.07. The lowest BCUT2D eigenvalue weighted by atomic mass is 10.1. The molecule has 2 aromatic rings. The number of rotatable bonds is 2. The molecule has 0 saturated heterocycles. The predicted octanol–water partition coefficient (Wildman–Crippen LogP) is 2.16. The zero-order valence-electron chi connectivity index (χ0n) is 8.45. The molecule has 2 aromatic carbocycles. The van der Waals surface area contributed by atoms with Gasteiger partial charge in [-0.1, -0.05) is 48.5 Å². The monoisotopic (exact) mass is 234 g/mol. The first kappa shape index (κ1) is 11.1. The van der Waals surface area contributed by atoms with Gasteiger partial charge in [-0.05, 0) is 17.2 Å². The molecule has 0 unspecified atom stereocenters. The van der Waals surface area contributed by atoms with E-state index < -0.39 is 7.60 Å². The lowest BCUT2D eigenvalue weighted by molar-refractivity contribution is 0.387. The summed E-state index contributed by atoms with van der Waals surface area (Å²) in [7, 11) is -4.22. The molecular weight excluding hydrogens is 223 g/mol. The minimum absolute atomic E-state index is 0.0706. The summed E-state index contributed by atoms with van der Waals surface area (Å²) in [5.74, 6) is 0. The van der Waals surface area contributed by atoms with Gasteiger partial charge in [0.15, 0.2) is 0 Å². The molecule has 0 heterocycles. The van der Waals surface area contributed by atoms with Crippen molar-refractivity contribution in [3.05, 3.63) is 54.6 Å². The van der Waals surface area contributed by atoms with Gasteiger partial charge in [0.1, 0.15) is 0 Å². The van der Waals surface area contributed by atoms with E-state index >= 15 is 0 Å². The molecule has 3 nitrogen and oxygen atoms in total. The van der Waals surface area contributed by atoms with Gasteiger partial charge in [0, 0.05) is 0 Å². The van der Waals surface area contributed by atoms with Crippen molar-refractivity contribution in [2.45, 2.75) is 0 Å². The third-order valence-electron chi connectivity index (χ3n) is 2.30. The van der Waals surface area contributed by atoms with Crippen molar-refractivity contribution in [3.63, 3.8) is 0 Å². The van der Waals surface area contributed by atoms with E-state index in [1.165, 1.54) is 6.07 Å². The Labute approximate surface area is 93.5 Å². The highest BCUT2D eigenvalue weighted by Crippen LogP contribution is 2.37. The van der Waals surface area contributed by atoms with Crippen molar-refractivity contribution in [1.29, 1.82) is 0 Å². The van der Waals surface area contributed by atoms with Crippen molar-refractivity contribution in [3.8, 4) is 11.1 Å². The molecule has 0 radical (unpaired) electrons. The molecule has 4 heteroatoms. The van der Waals surface area contributed by atoms with E-state index in [0.29, 0.717) is 5.56 Å². The Kier molecular flexibility index (Phi) is 2.92. The summed E-state index contributed by atoms with van der Waals surface area (Å²) in [4.78, 5) is 18.5. The zero-order chi connectivity index (χ0) is 11.6. The Balaban J connectivity index is 2.63. The first-order valence-corrected chi connectivity index (χ1v) is 6.41. The standard InChI is InChI=1S/C12H11O3P/c13-16(14,15)12-9-5-4-8-11(12)10-6-2-1-3-7-10/h1-9H,(H2,13,14,15). The molecule has 0 aliphatic rings. The van der Waals surface area contributed by atoms with Gasteiger partial charge in [-0.25, -0.2) is 0 Å². The molecule has 16 heavy (non-hydrogen) atoms. The van der Waals surface area contributed by atoms with Crippen LogP contribution in [-0.4, -0.2) is 9.79 Å². The fourth-order valence-corrected chi connectivity index (χ4v) is 2.39. The SMILES string of the molecule is O=P(O)(O)c1ccccc1-c1ccccc1. The van der Waals surface area contributed by atoms with Crippen LogP contribution in [0.3, 0.4) is 0 Å². The first-order valence-electron chi connectivity index (χ1n) is 4.79. The molecule has 0 fully saturated rings. The van der Waals surface area contributed by atoms with E-state index in [2.05, 4.69) is 0 Å². The van der Waals surface area contributed by atoms with Crippen LogP contribution in [0.1, 0.15) is 0 Å². The molecular formula is C12H11O3P. The highest BCUT2D eigenvalue weighted by Gasteiger charge is 2.21. The molecule has 0 aliphatic carbocycles. The van der Waals surface area contributed by atoms with Gasteiger partial charge in [0.25, 0.3) is 0 Å². The molecule has 82 valence electrons. The Hall–Kier alpha value is -1.41. The van der Waals surface area contributed by atoms with Crippen molar-refractivity contribution in [1.82, 2.24) is 0 Å². The fraction of sp³-hybridized carbons (Fsp3) is 0. The second-order valence-electron chi connectivity index (χ2n) is 3.43. The second-order valence-corrected chi connectivity index (χ2v) is 5.00. The smallest absolute Gasteiger partial charge is 0.321 e. The normalized spacial score (nSPS) is 11.4. The predicted molar refractivity (Wildman–Crippen MR) is 63.6 cm³/mol. The van der Waals surface area contributed by atoms with Crippen LogP contribution in [0.25, 0.3) is 11.1 Å². The van der Waals surface area contributed by atoms with Gasteiger partial charge in [-0.2, -0.15) is 0 Å². The van der Waals surface area contributed by atoms with Crippen molar-refractivity contribution in [2.75, 3.05) is 0 Å². The molecule has 0 saturated carbocycles. The summed E-state index contributed by atoms with van der Waals surface area (Å²) in [6.07, 6.45) is 0. The van der Waals surface area contributed by atoms with Crippen molar-refractivity contribution in [2.24, 2.45) is 0 Å². The van der Waals surface area contributed by atoms with E-state index in [1.54, 1.807) is 18.2 Å². The Morgan fingerprint density at radius 1 is 0.812 bits per heavy atom. The van der Waals surface area contributed by atoms with Gasteiger partial charge >= 0.3 is 7.60 Å². The van der Waals surface area contributed by atoms with Gasteiger partial charge in [-0.15, -0.1) is 0 Å². The van der Waals surface area contributed by atoms with Crippen LogP contribution in [0.15, 0.2) is 54.6 Å².